The number of methoxy groups -OCH3 is 2. The Bertz CT molecular complexity index is 2580. The van der Waals surface area contributed by atoms with Crippen molar-refractivity contribution < 1.29 is 28.7 Å². The van der Waals surface area contributed by atoms with E-state index in [-0.39, 0.29) is 47.8 Å². The number of nitrogens with one attached hydrogen (secondary N) is 5. The summed E-state index contributed by atoms with van der Waals surface area (Å²) in [6, 6.07) is 14.0. The molecule has 2 bridgehead atoms. The number of H-pyrrole nitrogens is 2. The molecule has 4 amide bonds. The van der Waals surface area contributed by atoms with Crippen molar-refractivity contribution in [2.45, 2.75) is 109 Å². The number of benzene rings is 2. The number of alkyl carbamates (subject to hydrolysis) is 2. The van der Waals surface area contributed by atoms with Gasteiger partial charge in [-0.1, -0.05) is 52.8 Å². The summed E-state index contributed by atoms with van der Waals surface area (Å²) in [7, 11) is 2.61. The van der Waals surface area contributed by atoms with Crippen molar-refractivity contribution in [2.24, 2.45) is 17.8 Å². The molecule has 0 aliphatic carbocycles. The standard InChI is InChI=1S/C48H59N9O6S/c1-24(2)41(54-47(60)62-6)45(58)56-18-8-10-35(56)43-49-23-34(53-43)38-17-16-37(64-38)29-14-13-28(39-32-20-26(5)21-33(50-32)40(29)39)27-12-15-30-31(22-27)52-44(51-30)36-11-9-19-57(36)46(59)42(25(3)4)55-48(61)63-7/h12-17,22-26,32-33,35-36,41-42,50H,8-11,18-21H2,1-7H3,(H,49,53)(H,51,52)(H,54,60)(H,55,61)/t26?,32?,33?,35-,36?,41-,42-/m0/s1. The fourth-order valence-corrected chi connectivity index (χ4v) is 11.5. The summed E-state index contributed by atoms with van der Waals surface area (Å²) in [6.07, 6.45) is 6.03. The lowest BCUT2D eigenvalue weighted by atomic mass is 9.88. The van der Waals surface area contributed by atoms with Gasteiger partial charge in [0.05, 0.1) is 54.1 Å². The van der Waals surface area contributed by atoms with Crippen LogP contribution in [0.15, 0.2) is 48.7 Å². The van der Waals surface area contributed by atoms with Crippen molar-refractivity contribution in [3.05, 3.63) is 71.4 Å². The molecular formula is C48H59N9O6S. The number of nitrogens with zero attached hydrogens (tertiary/aromatic N) is 4. The molecule has 2 aromatic carbocycles. The number of aromatic nitrogens is 4. The summed E-state index contributed by atoms with van der Waals surface area (Å²) >= 11 is 1.74. The minimum Gasteiger partial charge on any atom is -0.453 e. The summed E-state index contributed by atoms with van der Waals surface area (Å²) in [5.74, 6) is 1.60. The summed E-state index contributed by atoms with van der Waals surface area (Å²) in [5, 5.41) is 9.45. The second-order valence-electron chi connectivity index (χ2n) is 18.6. The van der Waals surface area contributed by atoms with Crippen LogP contribution in [0.1, 0.15) is 120 Å². The number of carbonyl (C=O) groups excluding carboxylic acids is 4. The van der Waals surface area contributed by atoms with E-state index >= 15 is 0 Å². The number of likely N-dealkylation sites (tertiary alicyclic amines) is 2. The monoisotopic (exact) mass is 889 g/mol. The lowest BCUT2D eigenvalue weighted by Crippen LogP contribution is -2.51. The molecule has 4 aliphatic heterocycles. The van der Waals surface area contributed by atoms with Crippen LogP contribution in [0.5, 0.6) is 0 Å². The molecule has 3 saturated heterocycles. The number of amides is 4. The Morgan fingerprint density at radius 1 is 0.750 bits per heavy atom. The van der Waals surface area contributed by atoms with Crippen molar-refractivity contribution in [3.8, 4) is 32.1 Å². The summed E-state index contributed by atoms with van der Waals surface area (Å²) < 4.78 is 9.63. The third kappa shape index (κ3) is 8.03. The van der Waals surface area contributed by atoms with Crippen LogP contribution in [0, 0.1) is 17.8 Å². The van der Waals surface area contributed by atoms with Gasteiger partial charge in [-0.2, -0.15) is 0 Å². The van der Waals surface area contributed by atoms with Crippen LogP contribution < -0.4 is 16.0 Å². The van der Waals surface area contributed by atoms with Gasteiger partial charge in [0.25, 0.3) is 0 Å². The molecule has 5 N–H and O–H groups in total. The van der Waals surface area contributed by atoms with Gasteiger partial charge in [-0.05, 0) is 108 Å². The molecule has 4 aliphatic rings. The Morgan fingerprint density at radius 2 is 1.33 bits per heavy atom. The van der Waals surface area contributed by atoms with Crippen LogP contribution in [0.3, 0.4) is 0 Å². The molecule has 4 unspecified atom stereocenters. The lowest BCUT2D eigenvalue weighted by molar-refractivity contribution is -0.136. The largest absolute Gasteiger partial charge is 0.453 e. The third-order valence-electron chi connectivity index (χ3n) is 13.7. The van der Waals surface area contributed by atoms with E-state index in [2.05, 4.69) is 75.3 Å². The number of rotatable bonds is 11. The van der Waals surface area contributed by atoms with Gasteiger partial charge in [-0.3, -0.25) is 9.59 Å². The molecule has 0 saturated carbocycles. The van der Waals surface area contributed by atoms with E-state index in [0.29, 0.717) is 19.0 Å². The molecule has 5 aromatic rings. The maximum atomic E-state index is 13.8. The normalized spacial score (nSPS) is 22.5. The number of piperidine rings is 1. The highest BCUT2D eigenvalue weighted by Gasteiger charge is 2.42. The lowest BCUT2D eigenvalue weighted by Gasteiger charge is -2.30. The highest BCUT2D eigenvalue weighted by atomic mass is 32.1. The number of ether oxygens (including phenoxy) is 2. The van der Waals surface area contributed by atoms with Gasteiger partial charge < -0.3 is 45.2 Å². The highest BCUT2D eigenvalue weighted by Crippen LogP contribution is 2.53. The Kier molecular flexibility index (Phi) is 12.0. The molecule has 3 aromatic heterocycles. The van der Waals surface area contributed by atoms with Crippen molar-refractivity contribution in [3.63, 3.8) is 0 Å². The molecule has 15 nitrogen and oxygen atoms in total. The molecule has 64 heavy (non-hydrogen) atoms. The van der Waals surface area contributed by atoms with E-state index in [4.69, 9.17) is 19.4 Å². The predicted octanol–water partition coefficient (Wildman–Crippen LogP) is 8.55. The van der Waals surface area contributed by atoms with Crippen LogP contribution in [0.4, 0.5) is 9.59 Å². The SMILES string of the molecule is COC(=O)N[C@H](C(=O)N1CCCC1c1nc2ccc(-c3ccc(-c4ccc(-c5cnc([C@@H]6CCCN6C(=O)[C@@H](NC(=O)OC)C(C)C)[nH]5)s4)c4c3C3CC(C)CC4N3)cc2[nH]1)C(C)C. The fraction of sp³-hybridized carbons (Fsp3) is 0.500. The molecule has 0 radical (unpaired) electrons. The summed E-state index contributed by atoms with van der Waals surface area (Å²) in [6.45, 7) is 11.2. The van der Waals surface area contributed by atoms with Gasteiger partial charge >= 0.3 is 12.2 Å². The van der Waals surface area contributed by atoms with Crippen LogP contribution in [-0.2, 0) is 19.1 Å². The van der Waals surface area contributed by atoms with E-state index in [1.807, 2.05) is 43.7 Å². The van der Waals surface area contributed by atoms with Gasteiger partial charge in [-0.25, -0.2) is 19.6 Å². The first-order valence-corrected chi connectivity index (χ1v) is 23.5. The number of imidazole rings is 2. The smallest absolute Gasteiger partial charge is 0.407 e. The van der Waals surface area contributed by atoms with Crippen LogP contribution in [-0.4, -0.2) is 93.1 Å². The Morgan fingerprint density at radius 3 is 1.94 bits per heavy atom. The van der Waals surface area contributed by atoms with Crippen LogP contribution >= 0.6 is 11.3 Å². The first kappa shape index (κ1) is 43.5. The molecule has 9 rings (SSSR count). The Hall–Kier alpha value is -5.74. The quantitative estimate of drug-likeness (QED) is 0.0867. The molecule has 0 spiro atoms. The number of aromatic amines is 2. The van der Waals surface area contributed by atoms with E-state index in [1.54, 1.807) is 11.3 Å². The summed E-state index contributed by atoms with van der Waals surface area (Å²) in [4.78, 5) is 74.7. The molecule has 7 atom stereocenters. The number of hydrogen-bond donors (Lipinski definition) is 5. The molecule has 7 heterocycles. The zero-order valence-corrected chi connectivity index (χ0v) is 38.4. The van der Waals surface area contributed by atoms with Gasteiger partial charge in [0, 0.05) is 30.1 Å². The van der Waals surface area contributed by atoms with E-state index in [0.717, 1.165) is 77.3 Å². The highest BCUT2D eigenvalue weighted by molar-refractivity contribution is 7.18. The molecule has 3 fully saturated rings. The third-order valence-corrected chi connectivity index (χ3v) is 14.8. The van der Waals surface area contributed by atoms with Crippen molar-refractivity contribution in [1.82, 2.24) is 45.7 Å². The summed E-state index contributed by atoms with van der Waals surface area (Å²) in [5.41, 5.74) is 8.98. The van der Waals surface area contributed by atoms with Gasteiger partial charge in [0.1, 0.15) is 23.7 Å². The van der Waals surface area contributed by atoms with Crippen molar-refractivity contribution in [1.29, 1.82) is 0 Å². The molecule has 338 valence electrons. The number of fused-ring (bicyclic) bond motifs is 6. The average Bonchev–Trinajstić information content (AvgIpc) is 4.15. The van der Waals surface area contributed by atoms with Gasteiger partial charge in [0.2, 0.25) is 11.8 Å². The average molecular weight is 890 g/mol. The molecular weight excluding hydrogens is 831 g/mol. The first-order chi connectivity index (χ1) is 30.8. The van der Waals surface area contributed by atoms with Crippen LogP contribution in [0.25, 0.3) is 43.2 Å². The first-order valence-electron chi connectivity index (χ1n) is 22.7. The Balaban J connectivity index is 0.986. The molecule has 16 heteroatoms. The second-order valence-corrected chi connectivity index (χ2v) is 19.7. The number of carbonyl (C=O) groups is 4. The zero-order chi connectivity index (χ0) is 45.0. The van der Waals surface area contributed by atoms with E-state index < -0.39 is 24.3 Å². The van der Waals surface area contributed by atoms with Gasteiger partial charge in [0.15, 0.2) is 0 Å². The fourth-order valence-electron chi connectivity index (χ4n) is 10.5. The zero-order valence-electron chi connectivity index (χ0n) is 37.6. The van der Waals surface area contributed by atoms with E-state index in [9.17, 15) is 19.2 Å². The number of hydrogen-bond acceptors (Lipinski definition) is 10. The maximum absolute atomic E-state index is 13.8. The minimum absolute atomic E-state index is 0.108. The Labute approximate surface area is 377 Å². The topological polar surface area (TPSA) is 187 Å². The van der Waals surface area contributed by atoms with Crippen LogP contribution in [0.2, 0.25) is 0 Å². The minimum atomic E-state index is -0.696. The predicted molar refractivity (Wildman–Crippen MR) is 245 cm³/mol. The second kappa shape index (κ2) is 17.7. The van der Waals surface area contributed by atoms with Crippen molar-refractivity contribution >= 4 is 46.4 Å². The van der Waals surface area contributed by atoms with Crippen molar-refractivity contribution in [2.75, 3.05) is 27.3 Å². The number of thiophene rings is 1. The van der Waals surface area contributed by atoms with E-state index in [1.165, 1.54) is 41.4 Å². The van der Waals surface area contributed by atoms with Gasteiger partial charge in [-0.15, -0.1) is 11.3 Å². The maximum Gasteiger partial charge on any atom is 0.407 e.